The van der Waals surface area contributed by atoms with Gasteiger partial charge in [-0.05, 0) is 19.1 Å². The zero-order valence-corrected chi connectivity index (χ0v) is 15.3. The number of amides is 1. The Kier molecular flexibility index (Phi) is 4.89. The maximum atomic E-state index is 12.6. The largest absolute Gasteiger partial charge is 0.319 e. The summed E-state index contributed by atoms with van der Waals surface area (Å²) >= 11 is 0. The Bertz CT molecular complexity index is 1090. The second-order valence-electron chi connectivity index (χ2n) is 6.31. The van der Waals surface area contributed by atoms with Crippen molar-refractivity contribution >= 4 is 11.6 Å². The highest BCUT2D eigenvalue weighted by molar-refractivity contribution is 6.05. The predicted octanol–water partition coefficient (Wildman–Crippen LogP) is 4.77. The molecule has 0 spiro atoms. The second-order valence-corrected chi connectivity index (χ2v) is 6.31. The van der Waals surface area contributed by atoms with Gasteiger partial charge in [-0.25, -0.2) is 9.97 Å². The number of aryl methyl sites for hydroxylation is 1. The zero-order chi connectivity index (χ0) is 19.3. The van der Waals surface area contributed by atoms with E-state index in [2.05, 4.69) is 20.3 Å². The summed E-state index contributed by atoms with van der Waals surface area (Å²) in [5.74, 6) is 0.379. The first kappa shape index (κ1) is 17.5. The van der Waals surface area contributed by atoms with Gasteiger partial charge in [0, 0.05) is 11.1 Å². The molecular weight excluding hydrogens is 348 g/mol. The van der Waals surface area contributed by atoms with Gasteiger partial charge in [-0.15, -0.1) is 0 Å². The molecule has 136 valence electrons. The zero-order valence-electron chi connectivity index (χ0n) is 15.3. The Morgan fingerprint density at radius 1 is 0.786 bits per heavy atom. The van der Waals surface area contributed by atoms with Gasteiger partial charge in [-0.3, -0.25) is 9.78 Å². The molecule has 28 heavy (non-hydrogen) atoms. The van der Waals surface area contributed by atoms with E-state index in [0.717, 1.165) is 16.8 Å². The molecule has 0 saturated carbocycles. The van der Waals surface area contributed by atoms with Gasteiger partial charge < -0.3 is 5.32 Å². The van der Waals surface area contributed by atoms with Crippen LogP contribution in [0.25, 0.3) is 22.6 Å². The number of hydrogen-bond donors (Lipinski definition) is 1. The fraction of sp³-hybridized carbons (Fsp3) is 0.0435. The summed E-state index contributed by atoms with van der Waals surface area (Å²) in [6.07, 6.45) is 3.21. The first-order valence-electron chi connectivity index (χ1n) is 8.92. The summed E-state index contributed by atoms with van der Waals surface area (Å²) in [4.78, 5) is 25.9. The number of pyridine rings is 1. The lowest BCUT2D eigenvalue weighted by atomic mass is 10.1. The van der Waals surface area contributed by atoms with Crippen LogP contribution in [0.2, 0.25) is 0 Å². The van der Waals surface area contributed by atoms with Gasteiger partial charge in [-0.1, -0.05) is 60.7 Å². The van der Waals surface area contributed by atoms with Crippen LogP contribution < -0.4 is 5.32 Å². The second kappa shape index (κ2) is 7.80. The minimum Gasteiger partial charge on any atom is -0.319 e. The van der Waals surface area contributed by atoms with Crippen molar-refractivity contribution in [2.75, 3.05) is 5.32 Å². The third kappa shape index (κ3) is 3.78. The van der Waals surface area contributed by atoms with Crippen LogP contribution in [0, 0.1) is 6.92 Å². The van der Waals surface area contributed by atoms with Crippen LogP contribution in [-0.2, 0) is 0 Å². The molecule has 5 heteroatoms. The topological polar surface area (TPSA) is 67.8 Å². The molecular formula is C23H18N4O. The van der Waals surface area contributed by atoms with Gasteiger partial charge in [-0.2, -0.15) is 0 Å². The van der Waals surface area contributed by atoms with Gasteiger partial charge >= 0.3 is 0 Å². The Labute approximate surface area is 163 Å². The lowest BCUT2D eigenvalue weighted by molar-refractivity contribution is 0.102. The number of hydrogen-bond acceptors (Lipinski definition) is 4. The molecule has 0 bridgehead atoms. The fourth-order valence-corrected chi connectivity index (χ4v) is 2.90. The highest BCUT2D eigenvalue weighted by Crippen LogP contribution is 2.20. The van der Waals surface area contributed by atoms with Crippen LogP contribution >= 0.6 is 0 Å². The molecule has 0 aliphatic carbocycles. The molecule has 2 aromatic heterocycles. The number of carbonyl (C=O) groups excluding carboxylic acids is 1. The lowest BCUT2D eigenvalue weighted by Crippen LogP contribution is -2.14. The van der Waals surface area contributed by atoms with Gasteiger partial charge in [0.1, 0.15) is 0 Å². The van der Waals surface area contributed by atoms with E-state index in [1.165, 1.54) is 0 Å². The van der Waals surface area contributed by atoms with Crippen molar-refractivity contribution in [2.24, 2.45) is 0 Å². The van der Waals surface area contributed by atoms with E-state index < -0.39 is 0 Å². The van der Waals surface area contributed by atoms with Crippen LogP contribution in [0.15, 0.2) is 85.2 Å². The van der Waals surface area contributed by atoms with Crippen molar-refractivity contribution in [3.8, 4) is 22.6 Å². The molecule has 0 aliphatic rings. The number of anilines is 1. The smallest absolute Gasteiger partial charge is 0.257 e. The molecule has 4 rings (SSSR count). The van der Waals surface area contributed by atoms with Crippen molar-refractivity contribution in [3.05, 3.63) is 96.4 Å². The summed E-state index contributed by atoms with van der Waals surface area (Å²) in [6.45, 7) is 1.83. The molecule has 0 atom stereocenters. The van der Waals surface area contributed by atoms with Crippen molar-refractivity contribution in [1.82, 2.24) is 15.0 Å². The summed E-state index contributed by atoms with van der Waals surface area (Å²) in [5.41, 5.74) is 4.51. The molecule has 0 saturated heterocycles. The monoisotopic (exact) mass is 366 g/mol. The minimum atomic E-state index is -0.235. The van der Waals surface area contributed by atoms with E-state index >= 15 is 0 Å². The summed E-state index contributed by atoms with van der Waals surface area (Å²) in [7, 11) is 0. The van der Waals surface area contributed by atoms with Crippen molar-refractivity contribution in [1.29, 1.82) is 0 Å². The van der Waals surface area contributed by atoms with E-state index in [1.807, 2.05) is 73.7 Å². The van der Waals surface area contributed by atoms with Gasteiger partial charge in [0.15, 0.2) is 5.82 Å². The maximum absolute atomic E-state index is 12.6. The van der Waals surface area contributed by atoms with E-state index in [-0.39, 0.29) is 5.91 Å². The van der Waals surface area contributed by atoms with Crippen LogP contribution in [-0.4, -0.2) is 20.9 Å². The molecule has 0 radical (unpaired) electrons. The lowest BCUT2D eigenvalue weighted by Gasteiger charge is -2.09. The minimum absolute atomic E-state index is 0.235. The number of nitrogens with one attached hydrogen (secondary N) is 1. The quantitative estimate of drug-likeness (QED) is 0.565. The Hall–Kier alpha value is -3.86. The SMILES string of the molecule is Cc1nc(-c2ccccc2)ccc1C(=O)Nc1cnc(-c2ccccc2)nc1. The van der Waals surface area contributed by atoms with Crippen molar-refractivity contribution in [2.45, 2.75) is 6.92 Å². The van der Waals surface area contributed by atoms with Crippen LogP contribution in [0.1, 0.15) is 16.1 Å². The van der Waals surface area contributed by atoms with Crippen LogP contribution in [0.4, 0.5) is 5.69 Å². The van der Waals surface area contributed by atoms with Gasteiger partial charge in [0.25, 0.3) is 5.91 Å². The number of benzene rings is 2. The molecule has 2 aromatic carbocycles. The Balaban J connectivity index is 1.51. The highest BCUT2D eigenvalue weighted by Gasteiger charge is 2.12. The van der Waals surface area contributed by atoms with E-state index in [1.54, 1.807) is 18.5 Å². The summed E-state index contributed by atoms with van der Waals surface area (Å²) < 4.78 is 0. The summed E-state index contributed by atoms with van der Waals surface area (Å²) in [6, 6.07) is 23.2. The molecule has 1 N–H and O–H groups in total. The normalized spacial score (nSPS) is 10.5. The third-order valence-corrected chi connectivity index (χ3v) is 4.34. The fourth-order valence-electron chi connectivity index (χ4n) is 2.90. The molecule has 1 amide bonds. The first-order valence-corrected chi connectivity index (χ1v) is 8.92. The Morgan fingerprint density at radius 3 is 2.00 bits per heavy atom. The number of carbonyl (C=O) groups is 1. The Morgan fingerprint density at radius 2 is 1.39 bits per heavy atom. The number of aromatic nitrogens is 3. The average molecular weight is 366 g/mol. The van der Waals surface area contributed by atoms with E-state index in [4.69, 9.17) is 0 Å². The van der Waals surface area contributed by atoms with Gasteiger partial charge in [0.05, 0.1) is 35.0 Å². The molecule has 0 fully saturated rings. The van der Waals surface area contributed by atoms with Crippen molar-refractivity contribution in [3.63, 3.8) is 0 Å². The van der Waals surface area contributed by atoms with Crippen LogP contribution in [0.3, 0.4) is 0 Å². The number of rotatable bonds is 4. The predicted molar refractivity (Wildman–Crippen MR) is 110 cm³/mol. The molecule has 5 nitrogen and oxygen atoms in total. The summed E-state index contributed by atoms with van der Waals surface area (Å²) in [5, 5.41) is 2.83. The highest BCUT2D eigenvalue weighted by atomic mass is 16.1. The van der Waals surface area contributed by atoms with E-state index in [9.17, 15) is 4.79 Å². The van der Waals surface area contributed by atoms with Crippen molar-refractivity contribution < 1.29 is 4.79 Å². The third-order valence-electron chi connectivity index (χ3n) is 4.34. The van der Waals surface area contributed by atoms with E-state index in [0.29, 0.717) is 22.8 Å². The first-order chi connectivity index (χ1) is 13.7. The molecule has 0 unspecified atom stereocenters. The standard InChI is InChI=1S/C23H18N4O/c1-16-20(12-13-21(26-16)17-8-4-2-5-9-17)23(28)27-19-14-24-22(25-15-19)18-10-6-3-7-11-18/h2-15H,1H3,(H,27,28). The van der Waals surface area contributed by atoms with Crippen LogP contribution in [0.5, 0.6) is 0 Å². The average Bonchev–Trinajstić information content (AvgIpc) is 2.75. The molecule has 0 aliphatic heterocycles. The molecule has 4 aromatic rings. The molecule has 2 heterocycles. The van der Waals surface area contributed by atoms with Gasteiger partial charge in [0.2, 0.25) is 0 Å². The number of nitrogens with zero attached hydrogens (tertiary/aromatic N) is 3. The maximum Gasteiger partial charge on any atom is 0.257 e.